The van der Waals surface area contributed by atoms with E-state index in [1.165, 1.54) is 0 Å². The molecule has 1 saturated heterocycles. The van der Waals surface area contributed by atoms with Gasteiger partial charge in [-0.3, -0.25) is 4.99 Å². The minimum absolute atomic E-state index is 0. The smallest absolute Gasteiger partial charge is 0.193 e. The second kappa shape index (κ2) is 8.12. The van der Waals surface area contributed by atoms with Gasteiger partial charge in [0.25, 0.3) is 0 Å². The molecule has 2 heterocycles. The van der Waals surface area contributed by atoms with Crippen molar-refractivity contribution in [1.29, 1.82) is 0 Å². The number of benzene rings is 1. The summed E-state index contributed by atoms with van der Waals surface area (Å²) in [5.74, 6) is 0.903. The first kappa shape index (κ1) is 20.9. The van der Waals surface area contributed by atoms with Crippen LogP contribution >= 0.6 is 24.0 Å². The predicted octanol–water partition coefficient (Wildman–Crippen LogP) is 1.74. The molecule has 1 aromatic carbocycles. The molecule has 0 radical (unpaired) electrons. The zero-order valence-electron chi connectivity index (χ0n) is 15.3. The minimum Gasteiger partial charge on any atom is -0.354 e. The first-order chi connectivity index (χ1) is 11.8. The van der Waals surface area contributed by atoms with Crippen molar-refractivity contribution < 1.29 is 8.42 Å². The first-order valence-electron chi connectivity index (χ1n) is 8.42. The number of fused-ring (bicyclic) bond motifs is 1. The average Bonchev–Trinajstić information content (AvgIpc) is 2.98. The number of rotatable bonds is 3. The van der Waals surface area contributed by atoms with E-state index in [1.807, 2.05) is 29.4 Å². The Balaban J connectivity index is 0.00000243. The van der Waals surface area contributed by atoms with E-state index in [0.717, 1.165) is 23.5 Å². The molecule has 7 nitrogen and oxygen atoms in total. The SMILES string of the molecule is CN=C(NCCn1cnc2ccccc21)N1CCS(=O)(=O)C(C)(C)C1.I. The van der Waals surface area contributed by atoms with E-state index in [9.17, 15) is 8.42 Å². The maximum absolute atomic E-state index is 12.2. The highest BCUT2D eigenvalue weighted by Gasteiger charge is 2.40. The van der Waals surface area contributed by atoms with Crippen molar-refractivity contribution in [2.75, 3.05) is 32.4 Å². The molecule has 0 aliphatic carbocycles. The summed E-state index contributed by atoms with van der Waals surface area (Å²) >= 11 is 0. The van der Waals surface area contributed by atoms with Crippen molar-refractivity contribution in [1.82, 2.24) is 19.8 Å². The van der Waals surface area contributed by atoms with Crippen LogP contribution in [0.15, 0.2) is 35.6 Å². The average molecular weight is 491 g/mol. The Kier molecular flexibility index (Phi) is 6.54. The number of nitrogens with zero attached hydrogens (tertiary/aromatic N) is 4. The Labute approximate surface area is 171 Å². The van der Waals surface area contributed by atoms with E-state index in [-0.39, 0.29) is 29.7 Å². The van der Waals surface area contributed by atoms with Crippen molar-refractivity contribution in [3.05, 3.63) is 30.6 Å². The zero-order chi connectivity index (χ0) is 18.1. The Bertz CT molecular complexity index is 891. The number of nitrogens with one attached hydrogen (secondary N) is 1. The molecule has 0 spiro atoms. The monoisotopic (exact) mass is 491 g/mol. The molecule has 0 saturated carbocycles. The molecule has 1 aliphatic heterocycles. The van der Waals surface area contributed by atoms with Crippen LogP contribution < -0.4 is 5.32 Å². The lowest BCUT2D eigenvalue weighted by molar-refractivity contribution is 0.353. The molecular formula is C17H26IN5O2S. The number of hydrogen-bond acceptors (Lipinski definition) is 4. The topological polar surface area (TPSA) is 79.6 Å². The van der Waals surface area contributed by atoms with Gasteiger partial charge in [0.2, 0.25) is 0 Å². The van der Waals surface area contributed by atoms with Crippen molar-refractivity contribution >= 4 is 50.8 Å². The molecule has 1 aromatic heterocycles. The maximum atomic E-state index is 12.2. The van der Waals surface area contributed by atoms with Crippen LogP contribution in [0.3, 0.4) is 0 Å². The van der Waals surface area contributed by atoms with Gasteiger partial charge in [0, 0.05) is 33.2 Å². The van der Waals surface area contributed by atoms with Crippen molar-refractivity contribution in [2.24, 2.45) is 4.99 Å². The van der Waals surface area contributed by atoms with Crippen LogP contribution in [0.25, 0.3) is 11.0 Å². The summed E-state index contributed by atoms with van der Waals surface area (Å²) in [6.07, 6.45) is 1.84. The van der Waals surface area contributed by atoms with Gasteiger partial charge in [0.1, 0.15) is 0 Å². The molecule has 0 amide bonds. The number of aliphatic imine (C=N–C) groups is 1. The highest BCUT2D eigenvalue weighted by atomic mass is 127. The van der Waals surface area contributed by atoms with Gasteiger partial charge >= 0.3 is 0 Å². The minimum atomic E-state index is -3.05. The fraction of sp³-hybridized carbons (Fsp3) is 0.529. The van der Waals surface area contributed by atoms with Gasteiger partial charge in [0.15, 0.2) is 15.8 Å². The van der Waals surface area contributed by atoms with Crippen molar-refractivity contribution in [3.63, 3.8) is 0 Å². The third kappa shape index (κ3) is 4.13. The second-order valence-electron chi connectivity index (χ2n) is 6.90. The van der Waals surface area contributed by atoms with E-state index >= 15 is 0 Å². The highest BCUT2D eigenvalue weighted by molar-refractivity contribution is 14.0. The van der Waals surface area contributed by atoms with Crippen molar-refractivity contribution in [2.45, 2.75) is 25.1 Å². The van der Waals surface area contributed by atoms with E-state index in [2.05, 4.69) is 25.9 Å². The third-order valence-electron chi connectivity index (χ3n) is 4.72. The number of imidazole rings is 1. The molecule has 144 valence electrons. The Morgan fingerprint density at radius 3 is 2.77 bits per heavy atom. The van der Waals surface area contributed by atoms with Gasteiger partial charge < -0.3 is 14.8 Å². The molecule has 26 heavy (non-hydrogen) atoms. The van der Waals surface area contributed by atoms with Gasteiger partial charge in [-0.25, -0.2) is 13.4 Å². The molecule has 3 rings (SSSR count). The number of aromatic nitrogens is 2. The zero-order valence-corrected chi connectivity index (χ0v) is 18.5. The summed E-state index contributed by atoms with van der Waals surface area (Å²) in [4.78, 5) is 10.7. The van der Waals surface area contributed by atoms with Crippen LogP contribution in [-0.4, -0.2) is 66.0 Å². The van der Waals surface area contributed by atoms with Gasteiger partial charge in [-0.05, 0) is 26.0 Å². The molecule has 0 bridgehead atoms. The molecule has 2 aromatic rings. The summed E-state index contributed by atoms with van der Waals surface area (Å²) in [6.45, 7) is 5.92. The summed E-state index contributed by atoms with van der Waals surface area (Å²) in [5, 5.41) is 3.34. The highest BCUT2D eigenvalue weighted by Crippen LogP contribution is 2.23. The van der Waals surface area contributed by atoms with Crippen LogP contribution in [0, 0.1) is 0 Å². The molecule has 1 aliphatic rings. The third-order valence-corrected chi connectivity index (χ3v) is 7.25. The molecule has 1 N–H and O–H groups in total. The van der Waals surface area contributed by atoms with E-state index in [0.29, 0.717) is 19.6 Å². The number of guanidine groups is 1. The van der Waals surface area contributed by atoms with E-state index < -0.39 is 14.6 Å². The predicted molar refractivity (Wildman–Crippen MR) is 116 cm³/mol. The molecule has 1 fully saturated rings. The summed E-state index contributed by atoms with van der Waals surface area (Å²) in [7, 11) is -1.33. The lowest BCUT2D eigenvalue weighted by atomic mass is 10.2. The fourth-order valence-electron chi connectivity index (χ4n) is 3.13. The molecule has 0 unspecified atom stereocenters. The first-order valence-corrected chi connectivity index (χ1v) is 10.1. The van der Waals surface area contributed by atoms with Crippen LogP contribution in [0.5, 0.6) is 0 Å². The molecule has 0 atom stereocenters. The van der Waals surface area contributed by atoms with Gasteiger partial charge in [-0.15, -0.1) is 24.0 Å². The Morgan fingerprint density at radius 2 is 2.08 bits per heavy atom. The summed E-state index contributed by atoms with van der Waals surface area (Å²) < 4.78 is 25.7. The largest absolute Gasteiger partial charge is 0.354 e. The van der Waals surface area contributed by atoms with Crippen LogP contribution in [-0.2, 0) is 16.4 Å². The number of halogens is 1. The van der Waals surface area contributed by atoms with Crippen LogP contribution in [0.1, 0.15) is 13.8 Å². The van der Waals surface area contributed by atoms with Crippen LogP contribution in [0.4, 0.5) is 0 Å². The van der Waals surface area contributed by atoms with Gasteiger partial charge in [-0.2, -0.15) is 0 Å². The molecule has 9 heteroatoms. The summed E-state index contributed by atoms with van der Waals surface area (Å²) in [6, 6.07) is 8.03. The van der Waals surface area contributed by atoms with E-state index in [1.54, 1.807) is 20.9 Å². The standard InChI is InChI=1S/C17H25N5O2S.HI/c1-17(2)12-21(10-11-25(17,23)24)16(18-3)19-8-9-22-13-20-14-6-4-5-7-15(14)22;/h4-7,13H,8-12H2,1-3H3,(H,18,19);1H. The lowest BCUT2D eigenvalue weighted by Crippen LogP contribution is -2.57. The lowest BCUT2D eigenvalue weighted by Gasteiger charge is -2.39. The second-order valence-corrected chi connectivity index (χ2v) is 9.64. The number of hydrogen-bond donors (Lipinski definition) is 1. The Hall–Kier alpha value is -1.36. The van der Waals surface area contributed by atoms with Gasteiger partial charge in [0.05, 0.1) is 27.9 Å². The van der Waals surface area contributed by atoms with Crippen molar-refractivity contribution in [3.8, 4) is 0 Å². The summed E-state index contributed by atoms with van der Waals surface area (Å²) in [5.41, 5.74) is 2.08. The Morgan fingerprint density at radius 1 is 1.35 bits per heavy atom. The number of para-hydroxylation sites is 2. The fourth-order valence-corrected chi connectivity index (χ4v) is 4.50. The van der Waals surface area contributed by atoms with Crippen LogP contribution in [0.2, 0.25) is 0 Å². The maximum Gasteiger partial charge on any atom is 0.193 e. The van der Waals surface area contributed by atoms with E-state index in [4.69, 9.17) is 0 Å². The van der Waals surface area contributed by atoms with Gasteiger partial charge in [-0.1, -0.05) is 12.1 Å². The normalized spacial score (nSPS) is 19.2. The quantitative estimate of drug-likeness (QED) is 0.402. The molecular weight excluding hydrogens is 465 g/mol. The number of sulfone groups is 1.